The summed E-state index contributed by atoms with van der Waals surface area (Å²) in [5.41, 5.74) is -0.625. The van der Waals surface area contributed by atoms with E-state index in [0.717, 1.165) is 0 Å². The van der Waals surface area contributed by atoms with Crippen molar-refractivity contribution in [2.45, 2.75) is 45.5 Å². The minimum Gasteiger partial charge on any atom is -0.460 e. The number of carbonyl (C=O) groups is 1. The molecule has 2 nitrogen and oxygen atoms in total. The van der Waals surface area contributed by atoms with E-state index in [1.54, 1.807) is 20.8 Å². The Morgan fingerprint density at radius 2 is 1.79 bits per heavy atom. The maximum atomic E-state index is 11.8. The zero-order valence-corrected chi connectivity index (χ0v) is 8.65. The highest BCUT2D eigenvalue weighted by molar-refractivity contribution is 6.58. The fourth-order valence-corrected chi connectivity index (χ4v) is 0.870. The minimum atomic E-state index is -4.78. The van der Waals surface area contributed by atoms with Gasteiger partial charge in [-0.25, -0.2) is 0 Å². The number of hydrogen-bond donors (Lipinski definition) is 0. The first-order valence-corrected chi connectivity index (χ1v) is 4.53. The molecule has 6 heteroatoms. The van der Waals surface area contributed by atoms with Crippen molar-refractivity contribution in [1.29, 1.82) is 0 Å². The smallest absolute Gasteiger partial charge is 0.460 e. The predicted molar refractivity (Wildman–Crippen MR) is 49.0 cm³/mol. The molecule has 0 spiro atoms. The van der Waals surface area contributed by atoms with E-state index in [-0.39, 0.29) is 12.8 Å². The Bertz CT molecular complexity index is 196. The fraction of sp³-hybridized carbons (Fsp3) is 0.875. The first-order valence-electron chi connectivity index (χ1n) is 4.53. The van der Waals surface area contributed by atoms with Gasteiger partial charge in [0.1, 0.15) is 5.60 Å². The second kappa shape index (κ2) is 4.71. The van der Waals surface area contributed by atoms with Crippen LogP contribution in [0.2, 0.25) is 6.32 Å². The van der Waals surface area contributed by atoms with Crippen LogP contribution < -0.4 is 0 Å². The normalized spacial score (nSPS) is 12.7. The van der Waals surface area contributed by atoms with E-state index >= 15 is 0 Å². The van der Waals surface area contributed by atoms with E-state index < -0.39 is 24.9 Å². The average Bonchev–Trinajstić information content (AvgIpc) is 1.78. The number of carbonyl (C=O) groups excluding carboxylic acids is 1. The van der Waals surface area contributed by atoms with Crippen LogP contribution in [0, 0.1) is 0 Å². The lowest BCUT2D eigenvalue weighted by atomic mass is 9.84. The summed E-state index contributed by atoms with van der Waals surface area (Å²) in [6, 6.07) is 0. The van der Waals surface area contributed by atoms with E-state index in [2.05, 4.69) is 0 Å². The van der Waals surface area contributed by atoms with Crippen LogP contribution in [-0.4, -0.2) is 18.5 Å². The molecular formula is C8H15BF3O2-. The third-order valence-corrected chi connectivity index (χ3v) is 1.33. The van der Waals surface area contributed by atoms with Gasteiger partial charge in [0.05, 0.1) is 0 Å². The summed E-state index contributed by atoms with van der Waals surface area (Å²) in [4.78, 5) is 11.0. The highest BCUT2D eigenvalue weighted by Crippen LogP contribution is 2.19. The van der Waals surface area contributed by atoms with Gasteiger partial charge in [-0.3, -0.25) is 4.79 Å². The Morgan fingerprint density at radius 3 is 2.14 bits per heavy atom. The highest BCUT2D eigenvalue weighted by Gasteiger charge is 2.23. The molecule has 0 unspecified atom stereocenters. The second-order valence-corrected chi connectivity index (χ2v) is 4.19. The Morgan fingerprint density at radius 1 is 1.29 bits per heavy atom. The maximum absolute atomic E-state index is 11.8. The van der Waals surface area contributed by atoms with Crippen molar-refractivity contribution < 1.29 is 22.5 Å². The Hall–Kier alpha value is -0.675. The Labute approximate surface area is 81.9 Å². The van der Waals surface area contributed by atoms with E-state index in [0.29, 0.717) is 0 Å². The molecule has 0 aliphatic rings. The summed E-state index contributed by atoms with van der Waals surface area (Å²) < 4.78 is 40.1. The van der Waals surface area contributed by atoms with Gasteiger partial charge in [0.2, 0.25) is 0 Å². The molecule has 0 atom stereocenters. The van der Waals surface area contributed by atoms with Gasteiger partial charge in [-0.1, -0.05) is 12.7 Å². The monoisotopic (exact) mass is 211 g/mol. The SMILES string of the molecule is CC(C)(C)OC(=O)CCC[B-](F)(F)F. The number of halogens is 3. The van der Waals surface area contributed by atoms with Crippen molar-refractivity contribution in [3.8, 4) is 0 Å². The molecular weight excluding hydrogens is 196 g/mol. The number of rotatable bonds is 4. The second-order valence-electron chi connectivity index (χ2n) is 4.19. The lowest BCUT2D eigenvalue weighted by molar-refractivity contribution is -0.154. The molecule has 0 heterocycles. The van der Waals surface area contributed by atoms with Gasteiger partial charge >= 0.3 is 12.9 Å². The molecule has 0 aromatic rings. The van der Waals surface area contributed by atoms with Crippen LogP contribution in [0.1, 0.15) is 33.6 Å². The quantitative estimate of drug-likeness (QED) is 0.527. The van der Waals surface area contributed by atoms with Gasteiger partial charge in [0.25, 0.3) is 0 Å². The summed E-state index contributed by atoms with van der Waals surface area (Å²) in [7, 11) is 0. The molecule has 0 saturated carbocycles. The molecule has 0 aliphatic carbocycles. The Balaban J connectivity index is 3.66. The number of esters is 1. The zero-order chi connectivity index (χ0) is 11.4. The topological polar surface area (TPSA) is 26.3 Å². The van der Waals surface area contributed by atoms with Gasteiger partial charge in [0.15, 0.2) is 0 Å². The molecule has 0 aromatic carbocycles. The van der Waals surface area contributed by atoms with Crippen LogP contribution in [0.3, 0.4) is 0 Å². The summed E-state index contributed by atoms with van der Waals surface area (Å²) in [6.07, 6.45) is -1.23. The van der Waals surface area contributed by atoms with Crippen molar-refractivity contribution in [1.82, 2.24) is 0 Å². The van der Waals surface area contributed by atoms with Gasteiger partial charge in [-0.15, -0.1) is 0 Å². The van der Waals surface area contributed by atoms with Crippen LogP contribution in [0.25, 0.3) is 0 Å². The van der Waals surface area contributed by atoms with Crippen molar-refractivity contribution in [3.05, 3.63) is 0 Å². The molecule has 0 fully saturated rings. The van der Waals surface area contributed by atoms with Crippen LogP contribution in [-0.2, 0) is 9.53 Å². The van der Waals surface area contributed by atoms with Crippen molar-refractivity contribution in [2.75, 3.05) is 0 Å². The number of hydrogen-bond acceptors (Lipinski definition) is 2. The summed E-state index contributed by atoms with van der Waals surface area (Å²) in [5, 5.41) is 0. The Kier molecular flexibility index (Phi) is 4.48. The van der Waals surface area contributed by atoms with E-state index in [1.165, 1.54) is 0 Å². The zero-order valence-electron chi connectivity index (χ0n) is 8.65. The van der Waals surface area contributed by atoms with Gasteiger partial charge in [-0.05, 0) is 20.8 Å². The molecule has 0 amide bonds. The molecule has 0 aromatic heterocycles. The van der Waals surface area contributed by atoms with Crippen molar-refractivity contribution in [2.24, 2.45) is 0 Å². The largest absolute Gasteiger partial charge is 0.478 e. The first kappa shape index (κ1) is 13.3. The van der Waals surface area contributed by atoms with Crippen LogP contribution in [0.4, 0.5) is 12.9 Å². The molecule has 0 saturated heterocycles. The first-order chi connectivity index (χ1) is 6.10. The lowest BCUT2D eigenvalue weighted by Crippen LogP contribution is -2.24. The molecule has 14 heavy (non-hydrogen) atoms. The molecule has 0 bridgehead atoms. The van der Waals surface area contributed by atoms with Gasteiger partial charge < -0.3 is 17.7 Å². The van der Waals surface area contributed by atoms with Crippen LogP contribution in [0.5, 0.6) is 0 Å². The number of ether oxygens (including phenoxy) is 1. The third kappa shape index (κ3) is 9.41. The molecule has 0 radical (unpaired) electrons. The highest BCUT2D eigenvalue weighted by atomic mass is 19.4. The van der Waals surface area contributed by atoms with Crippen LogP contribution in [0.15, 0.2) is 0 Å². The van der Waals surface area contributed by atoms with Crippen molar-refractivity contribution >= 4 is 12.9 Å². The molecule has 0 N–H and O–H groups in total. The van der Waals surface area contributed by atoms with E-state index in [4.69, 9.17) is 4.74 Å². The fourth-order valence-electron chi connectivity index (χ4n) is 0.870. The molecule has 0 aliphatic heterocycles. The predicted octanol–water partition coefficient (Wildman–Crippen LogP) is 2.96. The summed E-state index contributed by atoms with van der Waals surface area (Å²) in [5.74, 6) is -0.572. The minimum absolute atomic E-state index is 0.168. The lowest BCUT2D eigenvalue weighted by Gasteiger charge is -2.20. The summed E-state index contributed by atoms with van der Waals surface area (Å²) in [6.45, 7) is 0.261. The van der Waals surface area contributed by atoms with Crippen LogP contribution >= 0.6 is 0 Å². The van der Waals surface area contributed by atoms with E-state index in [9.17, 15) is 17.7 Å². The average molecular weight is 211 g/mol. The van der Waals surface area contributed by atoms with Gasteiger partial charge in [0, 0.05) is 6.42 Å². The standard InChI is InChI=1S/C8H15BF3O2/c1-8(2,3)14-7(13)5-4-6-9(10,11)12/h4-6H2,1-3H3/q-1. The molecule has 0 rings (SSSR count). The molecule has 84 valence electrons. The maximum Gasteiger partial charge on any atom is 0.478 e. The third-order valence-electron chi connectivity index (χ3n) is 1.33. The van der Waals surface area contributed by atoms with E-state index in [1.807, 2.05) is 0 Å². The van der Waals surface area contributed by atoms with Gasteiger partial charge in [-0.2, -0.15) is 0 Å². The van der Waals surface area contributed by atoms with Crippen molar-refractivity contribution in [3.63, 3.8) is 0 Å². The summed E-state index contributed by atoms with van der Waals surface area (Å²) >= 11 is 0.